The summed E-state index contributed by atoms with van der Waals surface area (Å²) in [6.45, 7) is 0.924. The van der Waals surface area contributed by atoms with Crippen LogP contribution in [0.1, 0.15) is 23.6 Å². The number of halogens is 2. The fourth-order valence-electron chi connectivity index (χ4n) is 6.06. The molecule has 2 heterocycles. The van der Waals surface area contributed by atoms with Crippen molar-refractivity contribution in [2.45, 2.75) is 25.6 Å². The Hall–Kier alpha value is -5.96. The number of hydroxylamine groups is 1. The molecule has 0 saturated heterocycles. The second-order valence-electron chi connectivity index (χ2n) is 12.1. The molecule has 0 aliphatic rings. The van der Waals surface area contributed by atoms with Crippen molar-refractivity contribution >= 4 is 39.2 Å². The molecule has 0 aliphatic carbocycles. The molecule has 6 rings (SSSR count). The maximum Gasteiger partial charge on any atom is 0.343 e. The first kappa shape index (κ1) is 35.9. The molecule has 11 nitrogen and oxygen atoms in total. The molecule has 0 bridgehead atoms. The van der Waals surface area contributed by atoms with Gasteiger partial charge in [-0.1, -0.05) is 66.7 Å². The van der Waals surface area contributed by atoms with Crippen LogP contribution < -0.4 is 22.0 Å². The lowest BCUT2D eigenvalue weighted by Crippen LogP contribution is -2.47. The number of para-hydroxylation sites is 1. The number of nitrogens with zero attached hydrogens (tertiary/aromatic N) is 3. The van der Waals surface area contributed by atoms with E-state index in [4.69, 9.17) is 0 Å². The summed E-state index contributed by atoms with van der Waals surface area (Å²) in [5.41, 5.74) is 0.822. The van der Waals surface area contributed by atoms with Gasteiger partial charge >= 0.3 is 17.7 Å². The molecule has 0 spiro atoms. The van der Waals surface area contributed by atoms with Crippen LogP contribution in [0.2, 0.25) is 0 Å². The molecule has 2 amide bonds. The molecule has 266 valence electrons. The Morgan fingerprint density at radius 1 is 0.885 bits per heavy atom. The lowest BCUT2D eigenvalue weighted by molar-refractivity contribution is -0.150. The van der Waals surface area contributed by atoms with E-state index in [0.29, 0.717) is 27.3 Å². The summed E-state index contributed by atoms with van der Waals surface area (Å²) in [6.07, 6.45) is 0. The number of thiophene rings is 1. The topological polar surface area (TPSA) is 135 Å². The molecule has 0 fully saturated rings. The SMILES string of the molecule is CONC(=O)Nc1ccc(-c2sc3c(c2CN(C)C(C)(C(=O)O)c2ccccc2)c(=O)n(-c2ccccc2)c(=O)n3Cc2c(F)cccc2F)cc1. The minimum Gasteiger partial charge on any atom is -0.480 e. The van der Waals surface area contributed by atoms with Crippen LogP contribution in [0.5, 0.6) is 0 Å². The van der Waals surface area contributed by atoms with Crippen LogP contribution in [0, 0.1) is 11.6 Å². The van der Waals surface area contributed by atoms with Crippen molar-refractivity contribution in [2.75, 3.05) is 19.5 Å². The van der Waals surface area contributed by atoms with Crippen LogP contribution in [0.3, 0.4) is 0 Å². The van der Waals surface area contributed by atoms with E-state index in [1.807, 2.05) is 0 Å². The van der Waals surface area contributed by atoms with Crippen LogP contribution >= 0.6 is 11.3 Å². The monoisotopic (exact) mass is 725 g/mol. The normalized spacial score (nSPS) is 12.5. The summed E-state index contributed by atoms with van der Waals surface area (Å²) in [5.74, 6) is -2.87. The van der Waals surface area contributed by atoms with Crippen LogP contribution in [0.15, 0.2) is 113 Å². The number of amides is 2. The number of nitrogens with one attached hydrogen (secondary N) is 2. The molecule has 3 N–H and O–H groups in total. The number of carbonyl (C=O) groups excluding carboxylic acids is 1. The smallest absolute Gasteiger partial charge is 0.343 e. The highest BCUT2D eigenvalue weighted by atomic mass is 32.1. The Bertz CT molecular complexity index is 2380. The maximum atomic E-state index is 15.1. The standard InChI is InChI=1S/C38H33F2N5O6S/c1-38(35(47)48,24-11-6-4-7-12-24)43(2)21-28-31-33(46)45(26-13-8-5-9-14-26)37(50)44(22-27-29(39)15-10-16-30(27)40)34(31)52-32(28)23-17-19-25(20-18-23)41-36(49)42-51-3/h4-20H,21-22H2,1-3H3,(H,47,48)(H2,41,42,49). The number of fused-ring (bicyclic) bond motifs is 1. The Labute approximate surface area is 299 Å². The third-order valence-electron chi connectivity index (χ3n) is 8.98. The Morgan fingerprint density at radius 2 is 1.50 bits per heavy atom. The average Bonchev–Trinajstić information content (AvgIpc) is 3.51. The second-order valence-corrected chi connectivity index (χ2v) is 13.1. The molecule has 1 atom stereocenters. The zero-order valence-electron chi connectivity index (χ0n) is 28.2. The number of carboxylic acid groups (broad SMARTS) is 1. The van der Waals surface area contributed by atoms with Crippen molar-refractivity contribution in [1.29, 1.82) is 0 Å². The van der Waals surface area contributed by atoms with E-state index in [2.05, 4.69) is 15.6 Å². The number of urea groups is 1. The number of carbonyl (C=O) groups is 2. The van der Waals surface area contributed by atoms with Crippen LogP contribution in [-0.2, 0) is 28.3 Å². The quantitative estimate of drug-likeness (QED) is 0.133. The van der Waals surface area contributed by atoms with Crippen molar-refractivity contribution in [3.8, 4) is 16.1 Å². The fraction of sp³-hybridized carbons (Fsp3) is 0.158. The molecule has 52 heavy (non-hydrogen) atoms. The van der Waals surface area contributed by atoms with E-state index in [-0.39, 0.29) is 28.0 Å². The molecule has 4 aromatic carbocycles. The number of carboxylic acids is 1. The van der Waals surface area contributed by atoms with Crippen molar-refractivity contribution in [3.63, 3.8) is 0 Å². The fourth-order valence-corrected chi connectivity index (χ4v) is 7.36. The summed E-state index contributed by atoms with van der Waals surface area (Å²) in [5, 5.41) is 13.3. The highest BCUT2D eigenvalue weighted by Gasteiger charge is 2.40. The van der Waals surface area contributed by atoms with E-state index in [0.717, 1.165) is 28.0 Å². The van der Waals surface area contributed by atoms with Crippen LogP contribution in [0.4, 0.5) is 19.3 Å². The first-order valence-electron chi connectivity index (χ1n) is 16.0. The first-order valence-corrected chi connectivity index (χ1v) is 16.8. The largest absolute Gasteiger partial charge is 0.480 e. The van der Waals surface area contributed by atoms with E-state index in [1.165, 1.54) is 17.7 Å². The minimum absolute atomic E-state index is 0.0783. The summed E-state index contributed by atoms with van der Waals surface area (Å²) in [6, 6.07) is 26.2. The molecular weight excluding hydrogens is 693 g/mol. The Kier molecular flexibility index (Phi) is 10.1. The van der Waals surface area contributed by atoms with Crippen molar-refractivity contribution in [1.82, 2.24) is 19.5 Å². The van der Waals surface area contributed by atoms with Gasteiger partial charge in [0.1, 0.15) is 22.0 Å². The van der Waals surface area contributed by atoms with Crippen molar-refractivity contribution in [2.24, 2.45) is 0 Å². The number of benzene rings is 4. The van der Waals surface area contributed by atoms with Gasteiger partial charge in [-0.3, -0.25) is 19.1 Å². The minimum atomic E-state index is -1.57. The third-order valence-corrected chi connectivity index (χ3v) is 10.3. The van der Waals surface area contributed by atoms with Crippen LogP contribution in [0.25, 0.3) is 26.3 Å². The zero-order valence-corrected chi connectivity index (χ0v) is 29.0. The second kappa shape index (κ2) is 14.7. The highest BCUT2D eigenvalue weighted by Crippen LogP contribution is 2.40. The summed E-state index contributed by atoms with van der Waals surface area (Å²) in [7, 11) is 2.91. The zero-order chi connectivity index (χ0) is 37.2. The average molecular weight is 726 g/mol. The van der Waals surface area contributed by atoms with Crippen molar-refractivity contribution in [3.05, 3.63) is 152 Å². The number of hydrogen-bond acceptors (Lipinski definition) is 7. The molecule has 2 aromatic heterocycles. The van der Waals surface area contributed by atoms with E-state index in [9.17, 15) is 24.3 Å². The highest BCUT2D eigenvalue weighted by molar-refractivity contribution is 7.22. The number of likely N-dealkylation sites (N-methyl/N-ethyl adjacent to an activating group) is 1. The van der Waals surface area contributed by atoms with Gasteiger partial charge in [-0.25, -0.2) is 33.2 Å². The van der Waals surface area contributed by atoms with Gasteiger partial charge in [0, 0.05) is 22.7 Å². The molecule has 0 aliphatic heterocycles. The number of aromatic nitrogens is 2. The van der Waals surface area contributed by atoms with Gasteiger partial charge in [0.2, 0.25) is 0 Å². The Morgan fingerprint density at radius 3 is 2.10 bits per heavy atom. The van der Waals surface area contributed by atoms with Gasteiger partial charge in [0.05, 0.1) is 24.7 Å². The molecule has 0 radical (unpaired) electrons. The number of aliphatic carboxylic acids is 1. The number of hydrogen-bond donors (Lipinski definition) is 3. The molecule has 1 unspecified atom stereocenters. The van der Waals surface area contributed by atoms with E-state index >= 15 is 8.78 Å². The van der Waals surface area contributed by atoms with Crippen molar-refractivity contribution < 1.29 is 28.3 Å². The predicted molar refractivity (Wildman–Crippen MR) is 195 cm³/mol. The summed E-state index contributed by atoms with van der Waals surface area (Å²) >= 11 is 1.06. The van der Waals surface area contributed by atoms with Gasteiger partial charge in [0.25, 0.3) is 5.56 Å². The van der Waals surface area contributed by atoms with Gasteiger partial charge in [0.15, 0.2) is 0 Å². The van der Waals surface area contributed by atoms with E-state index in [1.54, 1.807) is 104 Å². The molecular formula is C38H33F2N5O6S. The molecule has 14 heteroatoms. The lowest BCUT2D eigenvalue weighted by Gasteiger charge is -2.35. The third kappa shape index (κ3) is 6.62. The molecule has 6 aromatic rings. The molecule has 0 saturated carbocycles. The first-order chi connectivity index (χ1) is 24.9. The van der Waals surface area contributed by atoms with Gasteiger partial charge in [-0.05, 0) is 67.1 Å². The van der Waals surface area contributed by atoms with Crippen LogP contribution in [-0.4, -0.2) is 45.3 Å². The van der Waals surface area contributed by atoms with Gasteiger partial charge in [-0.15, -0.1) is 11.3 Å². The van der Waals surface area contributed by atoms with E-state index < -0.39 is 47.0 Å². The summed E-state index contributed by atoms with van der Waals surface area (Å²) < 4.78 is 32.3. The Balaban J connectivity index is 1.64. The lowest BCUT2D eigenvalue weighted by atomic mass is 9.89. The maximum absolute atomic E-state index is 15.1. The van der Waals surface area contributed by atoms with Gasteiger partial charge < -0.3 is 10.4 Å². The summed E-state index contributed by atoms with van der Waals surface area (Å²) in [4.78, 5) is 60.8. The number of rotatable bonds is 11. The number of anilines is 1. The predicted octanol–water partition coefficient (Wildman–Crippen LogP) is 6.32. The van der Waals surface area contributed by atoms with Gasteiger partial charge in [-0.2, -0.15) is 0 Å².